The van der Waals surface area contributed by atoms with Gasteiger partial charge in [-0.1, -0.05) is 48.0 Å². The molecule has 1 nitrogen and oxygen atoms in total. The van der Waals surface area contributed by atoms with Crippen molar-refractivity contribution < 1.29 is 5.11 Å². The van der Waals surface area contributed by atoms with Crippen LogP contribution in [0.4, 0.5) is 0 Å². The number of hydrogen-bond donors (Lipinski definition) is 1. The van der Waals surface area contributed by atoms with Crippen molar-refractivity contribution in [1.82, 2.24) is 0 Å². The summed E-state index contributed by atoms with van der Waals surface area (Å²) >= 11 is 6.08. The summed E-state index contributed by atoms with van der Waals surface area (Å²) in [6, 6.07) is 16.6. The second-order valence-electron chi connectivity index (χ2n) is 9.06. The van der Waals surface area contributed by atoms with Gasteiger partial charge in [-0.3, -0.25) is 0 Å². The minimum Gasteiger partial charge on any atom is -0.385 e. The molecule has 2 heteroatoms. The van der Waals surface area contributed by atoms with E-state index in [1.54, 1.807) is 0 Å². The van der Waals surface area contributed by atoms with Crippen molar-refractivity contribution in [2.75, 3.05) is 0 Å². The zero-order valence-corrected chi connectivity index (χ0v) is 15.0. The zero-order valence-electron chi connectivity index (χ0n) is 14.3. The van der Waals surface area contributed by atoms with Crippen LogP contribution in [0, 0.1) is 29.1 Å². The predicted octanol–water partition coefficient (Wildman–Crippen LogP) is 5.65. The van der Waals surface area contributed by atoms with Crippen LogP contribution in [0.1, 0.15) is 37.7 Å². The van der Waals surface area contributed by atoms with Crippen molar-refractivity contribution in [3.8, 4) is 11.1 Å². The molecule has 2 aromatic rings. The van der Waals surface area contributed by atoms with E-state index in [1.165, 1.54) is 37.7 Å². The molecule has 1 spiro atoms. The van der Waals surface area contributed by atoms with E-state index in [0.29, 0.717) is 17.3 Å². The second kappa shape index (κ2) is 4.69. The van der Waals surface area contributed by atoms with Gasteiger partial charge in [0.25, 0.3) is 0 Å². The molecule has 4 fully saturated rings. The number of fused-ring (bicyclic) bond motifs is 2. The normalized spacial score (nSPS) is 43.1. The van der Waals surface area contributed by atoms with Crippen molar-refractivity contribution >= 4 is 11.6 Å². The average molecular weight is 351 g/mol. The number of benzene rings is 2. The number of halogens is 1. The van der Waals surface area contributed by atoms with Gasteiger partial charge in [-0.2, -0.15) is 0 Å². The lowest BCUT2D eigenvalue weighted by Crippen LogP contribution is -2.62. The van der Waals surface area contributed by atoms with Gasteiger partial charge in [0.05, 0.1) is 5.60 Å². The molecule has 0 heterocycles. The fourth-order valence-corrected chi connectivity index (χ4v) is 7.70. The molecule has 1 N–H and O–H groups in total. The molecule has 128 valence electrons. The molecule has 2 aromatic carbocycles. The molecule has 0 radical (unpaired) electrons. The molecule has 4 aliphatic carbocycles. The molecule has 0 aliphatic heterocycles. The van der Waals surface area contributed by atoms with E-state index in [1.807, 2.05) is 12.1 Å². The van der Waals surface area contributed by atoms with Crippen LogP contribution in [-0.4, -0.2) is 5.11 Å². The minimum absolute atomic E-state index is 0.468. The molecule has 4 unspecified atom stereocenters. The van der Waals surface area contributed by atoms with E-state index < -0.39 is 5.60 Å². The molecule has 0 amide bonds. The number of aliphatic hydroxyl groups is 1. The Hall–Kier alpha value is -1.31. The third kappa shape index (κ3) is 1.70. The van der Waals surface area contributed by atoms with Crippen LogP contribution in [0.5, 0.6) is 0 Å². The lowest BCUT2D eigenvalue weighted by molar-refractivity contribution is -0.235. The molecule has 25 heavy (non-hydrogen) atoms. The Bertz CT molecular complexity index is 831. The summed E-state index contributed by atoms with van der Waals surface area (Å²) < 4.78 is 0. The quantitative estimate of drug-likeness (QED) is 0.741. The van der Waals surface area contributed by atoms with Crippen LogP contribution in [0.3, 0.4) is 0 Å². The summed E-state index contributed by atoms with van der Waals surface area (Å²) in [5.74, 6) is 2.67. The maximum atomic E-state index is 12.0. The standard InChI is InChI=1S/C23H23ClO/c24-17-7-5-16(6-8-17)18-3-1-2-4-19(18)23(25)20-10-14-9-15-11-21(23)22(20,12-14)13-15/h1-8,14-15,20-21,25H,9-13H2. The highest BCUT2D eigenvalue weighted by molar-refractivity contribution is 6.30. The largest absolute Gasteiger partial charge is 0.385 e. The SMILES string of the molecule is OC1(c2ccccc2-c2ccc(Cl)cc2)C2CC3CC4CC1C2(C3)C4. The maximum absolute atomic E-state index is 12.0. The summed E-state index contributed by atoms with van der Waals surface area (Å²) in [7, 11) is 0. The summed E-state index contributed by atoms with van der Waals surface area (Å²) in [6.45, 7) is 0. The van der Waals surface area contributed by atoms with Gasteiger partial charge < -0.3 is 5.11 Å². The summed E-state index contributed by atoms with van der Waals surface area (Å²) in [6.07, 6.45) is 6.65. The maximum Gasteiger partial charge on any atom is 0.0969 e. The van der Waals surface area contributed by atoms with Gasteiger partial charge in [0, 0.05) is 5.02 Å². The third-order valence-electron chi connectivity index (χ3n) is 8.11. The van der Waals surface area contributed by atoms with Gasteiger partial charge >= 0.3 is 0 Å². The third-order valence-corrected chi connectivity index (χ3v) is 8.36. The van der Waals surface area contributed by atoms with E-state index in [-0.39, 0.29) is 0 Å². The van der Waals surface area contributed by atoms with Gasteiger partial charge in [0.15, 0.2) is 0 Å². The smallest absolute Gasteiger partial charge is 0.0969 e. The summed E-state index contributed by atoms with van der Waals surface area (Å²) in [5, 5.41) is 12.8. The first-order chi connectivity index (χ1) is 12.1. The van der Waals surface area contributed by atoms with Gasteiger partial charge in [0.1, 0.15) is 0 Å². The van der Waals surface area contributed by atoms with Crippen molar-refractivity contribution in [3.63, 3.8) is 0 Å². The van der Waals surface area contributed by atoms with Gasteiger partial charge in [-0.25, -0.2) is 0 Å². The topological polar surface area (TPSA) is 20.2 Å². The number of rotatable bonds is 2. The van der Waals surface area contributed by atoms with Gasteiger partial charge in [0.2, 0.25) is 0 Å². The summed E-state index contributed by atoms with van der Waals surface area (Å²) in [4.78, 5) is 0. The Labute approximate surface area is 154 Å². The molecular formula is C23H23ClO. The average Bonchev–Trinajstić information content (AvgIpc) is 3.03. The zero-order chi connectivity index (χ0) is 16.8. The lowest BCUT2D eigenvalue weighted by atomic mass is 9.44. The molecular weight excluding hydrogens is 328 g/mol. The van der Waals surface area contributed by atoms with Crippen molar-refractivity contribution in [1.29, 1.82) is 0 Å². The fraction of sp³-hybridized carbons (Fsp3) is 0.478. The van der Waals surface area contributed by atoms with Crippen LogP contribution >= 0.6 is 11.6 Å². The Morgan fingerprint density at radius 1 is 0.840 bits per heavy atom. The first kappa shape index (κ1) is 14.8. The first-order valence-electron chi connectivity index (χ1n) is 9.69. The molecule has 4 atom stereocenters. The highest BCUT2D eigenvalue weighted by Crippen LogP contribution is 2.81. The van der Waals surface area contributed by atoms with Crippen LogP contribution in [0.15, 0.2) is 48.5 Å². The monoisotopic (exact) mass is 350 g/mol. The van der Waals surface area contributed by atoms with Crippen molar-refractivity contribution in [2.45, 2.75) is 37.7 Å². The Kier molecular flexibility index (Phi) is 2.78. The van der Waals surface area contributed by atoms with E-state index in [2.05, 4.69) is 36.4 Å². The Balaban J connectivity index is 1.50. The Morgan fingerprint density at radius 3 is 2.16 bits per heavy atom. The van der Waals surface area contributed by atoms with Crippen LogP contribution in [-0.2, 0) is 5.60 Å². The molecule has 6 rings (SSSR count). The van der Waals surface area contributed by atoms with E-state index in [9.17, 15) is 5.11 Å². The first-order valence-corrected chi connectivity index (χ1v) is 10.1. The molecule has 0 saturated heterocycles. The highest BCUT2D eigenvalue weighted by atomic mass is 35.5. The minimum atomic E-state index is -0.625. The lowest BCUT2D eigenvalue weighted by Gasteiger charge is -2.62. The predicted molar refractivity (Wildman–Crippen MR) is 100 cm³/mol. The second-order valence-corrected chi connectivity index (χ2v) is 9.50. The molecule has 4 aliphatic rings. The van der Waals surface area contributed by atoms with Crippen LogP contribution in [0.25, 0.3) is 11.1 Å². The fourth-order valence-electron chi connectivity index (χ4n) is 7.57. The van der Waals surface area contributed by atoms with Gasteiger partial charge in [-0.15, -0.1) is 0 Å². The molecule has 0 aromatic heterocycles. The highest BCUT2D eigenvalue weighted by Gasteiger charge is 2.77. The molecule has 4 saturated carbocycles. The van der Waals surface area contributed by atoms with Gasteiger partial charge in [-0.05, 0) is 90.0 Å². The van der Waals surface area contributed by atoms with Crippen molar-refractivity contribution in [2.24, 2.45) is 29.1 Å². The van der Waals surface area contributed by atoms with Crippen LogP contribution < -0.4 is 0 Å². The van der Waals surface area contributed by atoms with Crippen LogP contribution in [0.2, 0.25) is 5.02 Å². The van der Waals surface area contributed by atoms with E-state index >= 15 is 0 Å². The Morgan fingerprint density at radius 2 is 1.48 bits per heavy atom. The van der Waals surface area contributed by atoms with Crippen molar-refractivity contribution in [3.05, 3.63) is 59.1 Å². The molecule has 3 bridgehead atoms. The van der Waals surface area contributed by atoms with E-state index in [4.69, 9.17) is 11.6 Å². The van der Waals surface area contributed by atoms with E-state index in [0.717, 1.165) is 28.0 Å². The number of hydrogen-bond acceptors (Lipinski definition) is 1. The summed E-state index contributed by atoms with van der Waals surface area (Å²) in [5.41, 5.74) is 3.34.